The molecular weight excluding hydrogens is 330 g/mol. The Morgan fingerprint density at radius 2 is 2.04 bits per heavy atom. The maximum absolute atomic E-state index is 12.3. The lowest BCUT2D eigenvalue weighted by Crippen LogP contribution is -2.22. The number of nitrogens with one attached hydrogen (secondary N) is 1. The van der Waals surface area contributed by atoms with E-state index in [1.54, 1.807) is 12.1 Å². The van der Waals surface area contributed by atoms with Crippen molar-refractivity contribution in [2.45, 2.75) is 40.5 Å². The summed E-state index contributed by atoms with van der Waals surface area (Å²) in [5.41, 5.74) is 2.97. The smallest absolute Gasteiger partial charge is 0.287 e. The molecule has 26 heavy (non-hydrogen) atoms. The standard InChI is InChI=1S/C20H23N3O3/c1-4-23-12-16(15(3)22-23)11-21-20(24)19-10-9-17(26-19)13-25-18-8-6-5-7-14(18)2/h5-10,12H,4,11,13H2,1-3H3,(H,21,24). The number of para-hydroxylation sites is 1. The lowest BCUT2D eigenvalue weighted by atomic mass is 10.2. The third-order valence-corrected chi connectivity index (χ3v) is 4.16. The fourth-order valence-electron chi connectivity index (χ4n) is 2.60. The largest absolute Gasteiger partial charge is 0.485 e. The number of aromatic nitrogens is 2. The van der Waals surface area contributed by atoms with Crippen LogP contribution < -0.4 is 10.1 Å². The Hall–Kier alpha value is -3.02. The van der Waals surface area contributed by atoms with Gasteiger partial charge >= 0.3 is 0 Å². The van der Waals surface area contributed by atoms with Crippen molar-refractivity contribution in [1.29, 1.82) is 0 Å². The molecule has 0 aliphatic carbocycles. The van der Waals surface area contributed by atoms with Crippen LogP contribution in [0.5, 0.6) is 5.75 Å². The van der Waals surface area contributed by atoms with Gasteiger partial charge in [-0.2, -0.15) is 5.10 Å². The third-order valence-electron chi connectivity index (χ3n) is 4.16. The van der Waals surface area contributed by atoms with Gasteiger partial charge in [-0.3, -0.25) is 9.48 Å². The van der Waals surface area contributed by atoms with Crippen molar-refractivity contribution in [2.24, 2.45) is 0 Å². The van der Waals surface area contributed by atoms with E-state index in [-0.39, 0.29) is 18.3 Å². The maximum atomic E-state index is 12.3. The van der Waals surface area contributed by atoms with Crippen molar-refractivity contribution in [2.75, 3.05) is 0 Å². The van der Waals surface area contributed by atoms with Gasteiger partial charge in [0.05, 0.1) is 5.69 Å². The molecule has 1 aromatic carbocycles. The van der Waals surface area contributed by atoms with Gasteiger partial charge in [0.2, 0.25) is 0 Å². The molecule has 136 valence electrons. The minimum absolute atomic E-state index is 0.254. The van der Waals surface area contributed by atoms with E-state index in [1.807, 2.05) is 55.9 Å². The first-order chi connectivity index (χ1) is 12.6. The Bertz CT molecular complexity index is 895. The van der Waals surface area contributed by atoms with Crippen LogP contribution in [0.3, 0.4) is 0 Å². The van der Waals surface area contributed by atoms with Crippen molar-refractivity contribution < 1.29 is 13.9 Å². The lowest BCUT2D eigenvalue weighted by Gasteiger charge is -2.06. The highest BCUT2D eigenvalue weighted by atomic mass is 16.5. The number of aryl methyl sites for hydroxylation is 3. The van der Waals surface area contributed by atoms with Crippen LogP contribution in [0.1, 0.15) is 40.1 Å². The van der Waals surface area contributed by atoms with Gasteiger partial charge in [0.1, 0.15) is 18.1 Å². The van der Waals surface area contributed by atoms with Crippen molar-refractivity contribution in [1.82, 2.24) is 15.1 Å². The van der Waals surface area contributed by atoms with Crippen molar-refractivity contribution in [3.63, 3.8) is 0 Å². The number of rotatable bonds is 7. The number of nitrogens with zero attached hydrogens (tertiary/aromatic N) is 2. The molecule has 0 saturated heterocycles. The van der Waals surface area contributed by atoms with Crippen LogP contribution in [-0.2, 0) is 19.7 Å². The molecule has 1 N–H and O–H groups in total. The van der Waals surface area contributed by atoms with E-state index in [2.05, 4.69) is 10.4 Å². The van der Waals surface area contributed by atoms with Crippen molar-refractivity contribution in [3.05, 3.63) is 70.9 Å². The Morgan fingerprint density at radius 3 is 2.77 bits per heavy atom. The van der Waals surface area contributed by atoms with Gasteiger partial charge in [-0.1, -0.05) is 18.2 Å². The molecule has 0 radical (unpaired) electrons. The minimum atomic E-state index is -0.254. The van der Waals surface area contributed by atoms with E-state index in [9.17, 15) is 4.79 Å². The Morgan fingerprint density at radius 1 is 1.23 bits per heavy atom. The first-order valence-corrected chi connectivity index (χ1v) is 8.65. The van der Waals surface area contributed by atoms with Gasteiger partial charge in [0, 0.05) is 24.8 Å². The summed E-state index contributed by atoms with van der Waals surface area (Å²) in [7, 11) is 0. The number of amides is 1. The fourth-order valence-corrected chi connectivity index (χ4v) is 2.60. The van der Waals surface area contributed by atoms with E-state index >= 15 is 0 Å². The predicted molar refractivity (Wildman–Crippen MR) is 98.0 cm³/mol. The van der Waals surface area contributed by atoms with E-state index in [4.69, 9.17) is 9.15 Å². The average molecular weight is 353 g/mol. The van der Waals surface area contributed by atoms with Gasteiger partial charge in [-0.25, -0.2) is 0 Å². The molecule has 0 aliphatic rings. The zero-order valence-corrected chi connectivity index (χ0v) is 15.3. The lowest BCUT2D eigenvalue weighted by molar-refractivity contribution is 0.0919. The van der Waals surface area contributed by atoms with Gasteiger partial charge in [-0.05, 0) is 44.5 Å². The van der Waals surface area contributed by atoms with Crippen molar-refractivity contribution >= 4 is 5.91 Å². The maximum Gasteiger partial charge on any atom is 0.287 e. The second kappa shape index (κ2) is 7.91. The molecule has 3 aromatic rings. The minimum Gasteiger partial charge on any atom is -0.485 e. The Labute approximate surface area is 152 Å². The molecule has 0 saturated carbocycles. The summed E-state index contributed by atoms with van der Waals surface area (Å²) in [4.78, 5) is 12.3. The summed E-state index contributed by atoms with van der Waals surface area (Å²) in [6.45, 7) is 7.44. The average Bonchev–Trinajstić information content (AvgIpc) is 3.25. The number of hydrogen-bond acceptors (Lipinski definition) is 4. The highest BCUT2D eigenvalue weighted by Gasteiger charge is 2.13. The summed E-state index contributed by atoms with van der Waals surface area (Å²) in [6.07, 6.45) is 1.94. The summed E-state index contributed by atoms with van der Waals surface area (Å²) in [6, 6.07) is 11.2. The van der Waals surface area contributed by atoms with Crippen LogP contribution in [-0.4, -0.2) is 15.7 Å². The number of ether oxygens (including phenoxy) is 1. The molecule has 0 bridgehead atoms. The second-order valence-corrected chi connectivity index (χ2v) is 6.10. The number of furan rings is 1. The monoisotopic (exact) mass is 353 g/mol. The van der Waals surface area contributed by atoms with E-state index in [0.717, 1.165) is 29.1 Å². The Kier molecular flexibility index (Phi) is 5.41. The molecule has 3 rings (SSSR count). The fraction of sp³-hybridized carbons (Fsp3) is 0.300. The molecule has 0 unspecified atom stereocenters. The summed E-state index contributed by atoms with van der Waals surface area (Å²) >= 11 is 0. The van der Waals surface area contributed by atoms with E-state index < -0.39 is 0 Å². The van der Waals surface area contributed by atoms with E-state index in [1.165, 1.54) is 0 Å². The van der Waals surface area contributed by atoms with E-state index in [0.29, 0.717) is 12.3 Å². The van der Waals surface area contributed by atoms with Crippen LogP contribution in [0.15, 0.2) is 47.0 Å². The Balaban J connectivity index is 1.56. The number of carbonyl (C=O) groups excluding carboxylic acids is 1. The first kappa shape index (κ1) is 17.8. The number of carbonyl (C=O) groups is 1. The van der Waals surface area contributed by atoms with Gasteiger partial charge in [0.25, 0.3) is 5.91 Å². The molecule has 6 nitrogen and oxygen atoms in total. The molecule has 0 atom stereocenters. The molecule has 0 fully saturated rings. The van der Waals surface area contributed by atoms with Crippen LogP contribution in [0.25, 0.3) is 0 Å². The topological polar surface area (TPSA) is 69.3 Å². The number of benzene rings is 1. The normalized spacial score (nSPS) is 10.7. The third kappa shape index (κ3) is 4.14. The molecule has 1 amide bonds. The first-order valence-electron chi connectivity index (χ1n) is 8.65. The highest BCUT2D eigenvalue weighted by molar-refractivity contribution is 5.91. The SMILES string of the molecule is CCn1cc(CNC(=O)c2ccc(COc3ccccc3C)o2)c(C)n1. The van der Waals surface area contributed by atoms with Crippen molar-refractivity contribution in [3.8, 4) is 5.75 Å². The van der Waals surface area contributed by atoms with Crippen LogP contribution >= 0.6 is 0 Å². The molecule has 0 spiro atoms. The molecule has 0 aliphatic heterocycles. The summed E-state index contributed by atoms with van der Waals surface area (Å²) in [5.74, 6) is 1.43. The summed E-state index contributed by atoms with van der Waals surface area (Å²) in [5, 5.41) is 7.23. The quantitative estimate of drug-likeness (QED) is 0.704. The zero-order chi connectivity index (χ0) is 18.5. The molecule has 6 heteroatoms. The van der Waals surface area contributed by atoms with Crippen LogP contribution in [0.4, 0.5) is 0 Å². The second-order valence-electron chi connectivity index (χ2n) is 6.10. The molecule has 2 aromatic heterocycles. The van der Waals surface area contributed by atoms with Crippen LogP contribution in [0.2, 0.25) is 0 Å². The molecular formula is C20H23N3O3. The van der Waals surface area contributed by atoms with Gasteiger partial charge in [0.15, 0.2) is 5.76 Å². The summed E-state index contributed by atoms with van der Waals surface area (Å²) < 4.78 is 13.2. The number of hydrogen-bond donors (Lipinski definition) is 1. The predicted octanol–water partition coefficient (Wildman–Crippen LogP) is 3.62. The highest BCUT2D eigenvalue weighted by Crippen LogP contribution is 2.18. The molecule has 2 heterocycles. The van der Waals surface area contributed by atoms with Gasteiger partial charge < -0.3 is 14.5 Å². The zero-order valence-electron chi connectivity index (χ0n) is 15.3. The van der Waals surface area contributed by atoms with Gasteiger partial charge in [-0.15, -0.1) is 0 Å². The van der Waals surface area contributed by atoms with Crippen LogP contribution in [0, 0.1) is 13.8 Å².